The Morgan fingerprint density at radius 1 is 1.22 bits per heavy atom. The number of anilines is 2. The first-order chi connectivity index (χ1) is 11.0. The predicted octanol–water partition coefficient (Wildman–Crippen LogP) is 0.424. The highest BCUT2D eigenvalue weighted by Crippen LogP contribution is 2.22. The van der Waals surface area contributed by atoms with Gasteiger partial charge in [-0.15, -0.1) is 0 Å². The molecule has 0 aliphatic heterocycles. The average Bonchev–Trinajstić information content (AvgIpc) is 2.50. The molecule has 8 heteroatoms. The Balaban J connectivity index is 1.91. The van der Waals surface area contributed by atoms with Crippen molar-refractivity contribution in [1.29, 1.82) is 0 Å². The molecule has 0 aliphatic rings. The van der Waals surface area contributed by atoms with Gasteiger partial charge in [-0.05, 0) is 12.1 Å². The van der Waals surface area contributed by atoms with E-state index in [0.717, 1.165) is 5.69 Å². The number of hydrogen-bond donors (Lipinski definition) is 3. The van der Waals surface area contributed by atoms with Crippen LogP contribution in [0.15, 0.2) is 46.1 Å². The van der Waals surface area contributed by atoms with Gasteiger partial charge >= 0.3 is 11.7 Å². The highest BCUT2D eigenvalue weighted by Gasteiger charge is 2.07. The lowest BCUT2D eigenvalue weighted by atomic mass is 10.2. The molecule has 0 saturated carbocycles. The van der Waals surface area contributed by atoms with E-state index in [-0.39, 0.29) is 19.1 Å². The fourth-order valence-corrected chi connectivity index (χ4v) is 2.05. The SMILES string of the molecule is CN(C)c1ccccc1NC(=O)NCCn1ccc(=O)[nH]c1=O. The topological polar surface area (TPSA) is 99.2 Å². The molecular weight excluding hydrogens is 298 g/mol. The monoisotopic (exact) mass is 317 g/mol. The smallest absolute Gasteiger partial charge is 0.328 e. The van der Waals surface area contributed by atoms with Crippen molar-refractivity contribution in [1.82, 2.24) is 14.9 Å². The Morgan fingerprint density at radius 2 is 1.96 bits per heavy atom. The molecule has 0 saturated heterocycles. The summed E-state index contributed by atoms with van der Waals surface area (Å²) in [6.07, 6.45) is 1.39. The van der Waals surface area contributed by atoms with Gasteiger partial charge in [0, 0.05) is 39.4 Å². The highest BCUT2D eigenvalue weighted by molar-refractivity contribution is 5.93. The number of hydrogen-bond acceptors (Lipinski definition) is 4. The van der Waals surface area contributed by atoms with Crippen LogP contribution in [0.1, 0.15) is 0 Å². The Labute approximate surface area is 132 Å². The molecule has 122 valence electrons. The van der Waals surface area contributed by atoms with Gasteiger partial charge in [0.15, 0.2) is 0 Å². The van der Waals surface area contributed by atoms with Crippen LogP contribution in [0.5, 0.6) is 0 Å². The Kier molecular flexibility index (Phi) is 5.19. The zero-order valence-corrected chi connectivity index (χ0v) is 13.0. The second-order valence-electron chi connectivity index (χ2n) is 5.10. The number of H-pyrrole nitrogens is 1. The van der Waals surface area contributed by atoms with Gasteiger partial charge in [0.05, 0.1) is 11.4 Å². The first-order valence-electron chi connectivity index (χ1n) is 7.08. The van der Waals surface area contributed by atoms with E-state index in [2.05, 4.69) is 15.6 Å². The molecule has 2 rings (SSSR count). The molecule has 0 aliphatic carbocycles. The van der Waals surface area contributed by atoms with Crippen LogP contribution in [-0.2, 0) is 6.54 Å². The summed E-state index contributed by atoms with van der Waals surface area (Å²) in [4.78, 5) is 38.4. The molecule has 0 fully saturated rings. The van der Waals surface area contributed by atoms with E-state index in [1.54, 1.807) is 6.07 Å². The minimum Gasteiger partial charge on any atom is -0.376 e. The lowest BCUT2D eigenvalue weighted by Gasteiger charge is -2.18. The van der Waals surface area contributed by atoms with Crippen molar-refractivity contribution < 1.29 is 4.79 Å². The Bertz CT molecular complexity index is 794. The largest absolute Gasteiger partial charge is 0.376 e. The number of aromatic amines is 1. The van der Waals surface area contributed by atoms with Crippen molar-refractivity contribution in [3.8, 4) is 0 Å². The molecule has 1 aromatic carbocycles. The first-order valence-corrected chi connectivity index (χ1v) is 7.08. The van der Waals surface area contributed by atoms with E-state index >= 15 is 0 Å². The van der Waals surface area contributed by atoms with E-state index in [0.29, 0.717) is 5.69 Å². The average molecular weight is 317 g/mol. The lowest BCUT2D eigenvalue weighted by molar-refractivity contribution is 0.251. The summed E-state index contributed by atoms with van der Waals surface area (Å²) in [7, 11) is 3.78. The van der Waals surface area contributed by atoms with E-state index in [1.165, 1.54) is 16.8 Å². The molecule has 0 radical (unpaired) electrons. The number of carbonyl (C=O) groups excluding carboxylic acids is 1. The van der Waals surface area contributed by atoms with Crippen molar-refractivity contribution >= 4 is 17.4 Å². The minimum atomic E-state index is -0.502. The zero-order valence-electron chi connectivity index (χ0n) is 13.0. The second-order valence-corrected chi connectivity index (χ2v) is 5.10. The molecule has 0 atom stereocenters. The van der Waals surface area contributed by atoms with Crippen LogP contribution >= 0.6 is 0 Å². The number of para-hydroxylation sites is 2. The van der Waals surface area contributed by atoms with Gasteiger partial charge in [-0.1, -0.05) is 12.1 Å². The quantitative estimate of drug-likeness (QED) is 0.744. The summed E-state index contributed by atoms with van der Waals surface area (Å²) >= 11 is 0. The number of carbonyl (C=O) groups is 1. The molecule has 23 heavy (non-hydrogen) atoms. The number of rotatable bonds is 5. The summed E-state index contributed by atoms with van der Waals surface area (Å²) in [6.45, 7) is 0.514. The van der Waals surface area contributed by atoms with Gasteiger partial charge in [0.25, 0.3) is 5.56 Å². The number of urea groups is 1. The van der Waals surface area contributed by atoms with Crippen LogP contribution in [0, 0.1) is 0 Å². The van der Waals surface area contributed by atoms with Gasteiger partial charge in [-0.2, -0.15) is 0 Å². The number of benzene rings is 1. The van der Waals surface area contributed by atoms with Crippen LogP contribution in [0.4, 0.5) is 16.2 Å². The molecular formula is C15H19N5O3. The molecule has 0 unspecified atom stereocenters. The molecule has 3 N–H and O–H groups in total. The first kappa shape index (κ1) is 16.3. The van der Waals surface area contributed by atoms with Crippen LogP contribution < -0.4 is 26.8 Å². The minimum absolute atomic E-state index is 0.252. The molecule has 8 nitrogen and oxygen atoms in total. The second kappa shape index (κ2) is 7.30. The maximum absolute atomic E-state index is 11.9. The van der Waals surface area contributed by atoms with Gasteiger partial charge < -0.3 is 15.5 Å². The lowest BCUT2D eigenvalue weighted by Crippen LogP contribution is -2.35. The third-order valence-electron chi connectivity index (χ3n) is 3.17. The molecule has 2 amide bonds. The third-order valence-corrected chi connectivity index (χ3v) is 3.17. The number of aromatic nitrogens is 2. The van der Waals surface area contributed by atoms with Crippen LogP contribution in [0.2, 0.25) is 0 Å². The fourth-order valence-electron chi connectivity index (χ4n) is 2.05. The van der Waals surface area contributed by atoms with Crippen molar-refractivity contribution in [2.24, 2.45) is 0 Å². The summed E-state index contributed by atoms with van der Waals surface area (Å²) in [6, 6.07) is 8.33. The standard InChI is InChI=1S/C15H19N5O3/c1-19(2)12-6-4-3-5-11(12)17-14(22)16-8-10-20-9-7-13(21)18-15(20)23/h3-7,9H,8,10H2,1-2H3,(H2,16,17,22)(H,18,21,23). The van der Waals surface area contributed by atoms with E-state index in [9.17, 15) is 14.4 Å². The summed E-state index contributed by atoms with van der Waals surface area (Å²) in [5.41, 5.74) is 0.630. The number of nitrogens with zero attached hydrogens (tertiary/aromatic N) is 2. The fraction of sp³-hybridized carbons (Fsp3) is 0.267. The van der Waals surface area contributed by atoms with E-state index < -0.39 is 11.2 Å². The maximum atomic E-state index is 11.9. The zero-order chi connectivity index (χ0) is 16.8. The van der Waals surface area contributed by atoms with E-state index in [1.807, 2.05) is 37.2 Å². The molecule has 0 spiro atoms. The summed E-state index contributed by atoms with van der Waals surface area (Å²) in [5.74, 6) is 0. The van der Waals surface area contributed by atoms with E-state index in [4.69, 9.17) is 0 Å². The molecule has 1 aromatic heterocycles. The van der Waals surface area contributed by atoms with Gasteiger partial charge in [0.2, 0.25) is 0 Å². The van der Waals surface area contributed by atoms with Crippen LogP contribution in [-0.4, -0.2) is 36.2 Å². The van der Waals surface area contributed by atoms with Crippen molar-refractivity contribution in [3.05, 3.63) is 57.4 Å². The summed E-state index contributed by atoms with van der Waals surface area (Å²) in [5, 5.41) is 5.43. The van der Waals surface area contributed by atoms with Crippen molar-refractivity contribution in [3.63, 3.8) is 0 Å². The number of nitrogens with one attached hydrogen (secondary N) is 3. The third kappa shape index (κ3) is 4.47. The summed E-state index contributed by atoms with van der Waals surface area (Å²) < 4.78 is 1.31. The normalized spacial score (nSPS) is 10.2. The van der Waals surface area contributed by atoms with Crippen molar-refractivity contribution in [2.75, 3.05) is 30.9 Å². The van der Waals surface area contributed by atoms with Crippen LogP contribution in [0.3, 0.4) is 0 Å². The maximum Gasteiger partial charge on any atom is 0.328 e. The van der Waals surface area contributed by atoms with Crippen LogP contribution in [0.25, 0.3) is 0 Å². The Morgan fingerprint density at radius 3 is 2.65 bits per heavy atom. The molecule has 1 heterocycles. The van der Waals surface area contributed by atoms with Gasteiger partial charge in [-0.25, -0.2) is 9.59 Å². The van der Waals surface area contributed by atoms with Crippen molar-refractivity contribution in [2.45, 2.75) is 6.54 Å². The predicted molar refractivity (Wildman–Crippen MR) is 89.1 cm³/mol. The Hall–Kier alpha value is -3.03. The molecule has 2 aromatic rings. The molecule has 0 bridgehead atoms. The van der Waals surface area contributed by atoms with Gasteiger partial charge in [-0.3, -0.25) is 14.3 Å². The highest BCUT2D eigenvalue weighted by atomic mass is 16.2. The van der Waals surface area contributed by atoms with Gasteiger partial charge in [0.1, 0.15) is 0 Å². The number of amides is 2.